The third-order valence-electron chi connectivity index (χ3n) is 6.82. The van der Waals surface area contributed by atoms with E-state index in [1.807, 2.05) is 18.2 Å². The lowest BCUT2D eigenvalue weighted by Crippen LogP contribution is -2.35. The van der Waals surface area contributed by atoms with Gasteiger partial charge in [0.25, 0.3) is 0 Å². The van der Waals surface area contributed by atoms with Gasteiger partial charge in [-0.2, -0.15) is 13.5 Å². The minimum Gasteiger partial charge on any atom is -0.480 e. The van der Waals surface area contributed by atoms with E-state index in [0.717, 1.165) is 42.0 Å². The Balaban J connectivity index is 0.000000416. The van der Waals surface area contributed by atoms with E-state index < -0.39 is 41.6 Å². The predicted octanol–water partition coefficient (Wildman–Crippen LogP) is 5.09. The highest BCUT2D eigenvalue weighted by Crippen LogP contribution is 2.36. The van der Waals surface area contributed by atoms with Crippen molar-refractivity contribution in [2.24, 2.45) is 5.73 Å². The molecule has 52 heavy (non-hydrogen) atoms. The molecule has 0 aliphatic rings. The number of anilines is 2. The van der Waals surface area contributed by atoms with E-state index in [0.29, 0.717) is 4.68 Å². The molecule has 0 radical (unpaired) electrons. The minimum atomic E-state index is -3.65. The summed E-state index contributed by atoms with van der Waals surface area (Å²) < 4.78 is 67.0. The standard InChI is InChI=1S/C14H20ClNO2.C11H10Cl2F2N4O3S.C5H12NO4P/c1-4-11-7-6-8-12(5-2)14(11)16(10-18-3)13(17)9-15;1-5-16-19(11(20)18(5)10(14)15)9-4-8(17-23(2,21)22)6(12)3-7(9)13;1-11(9,10)3-2-4(6)5(7)8/h6-8H,4-5,9-10H2,1-3H3;3-4,10,17H,1-2H3;4H,2-3,6H2,1H3,(H,7,8)(H,9,10). The molecule has 3 rings (SSSR count). The van der Waals surface area contributed by atoms with Crippen molar-refractivity contribution in [3.8, 4) is 5.69 Å². The second-order valence-electron chi connectivity index (χ2n) is 11.1. The van der Waals surface area contributed by atoms with Crippen LogP contribution in [0.4, 0.5) is 20.2 Å². The first-order chi connectivity index (χ1) is 24.0. The fraction of sp³-hybridized carbons (Fsp3) is 0.467. The van der Waals surface area contributed by atoms with E-state index in [4.69, 9.17) is 55.3 Å². The Morgan fingerprint density at radius 3 is 2.12 bits per heavy atom. The second kappa shape index (κ2) is 21.0. The van der Waals surface area contributed by atoms with E-state index >= 15 is 0 Å². The number of para-hydroxylation sites is 1. The SMILES string of the molecule is CCc1cccc(CC)c1N(COC)C(=O)CCl.CP(=O)(O)CCC(N)C(=O)O.Cc1nn(-c2cc(NS(C)(=O)=O)c(Cl)cc2Cl)c(=O)n1C(F)F. The lowest BCUT2D eigenvalue weighted by atomic mass is 10.0. The van der Waals surface area contributed by atoms with Gasteiger partial charge in [-0.05, 0) is 49.4 Å². The molecule has 292 valence electrons. The Labute approximate surface area is 315 Å². The number of ether oxygens (including phenoxy) is 1. The number of aliphatic carboxylic acids is 1. The summed E-state index contributed by atoms with van der Waals surface area (Å²) in [7, 11) is -5.17. The molecular weight excluding hydrogens is 796 g/mol. The Morgan fingerprint density at radius 2 is 1.71 bits per heavy atom. The maximum atomic E-state index is 12.8. The maximum absolute atomic E-state index is 12.8. The van der Waals surface area contributed by atoms with Crippen molar-refractivity contribution in [1.82, 2.24) is 14.3 Å². The average Bonchev–Trinajstić information content (AvgIpc) is 3.35. The van der Waals surface area contributed by atoms with Crippen molar-refractivity contribution in [3.63, 3.8) is 0 Å². The quantitative estimate of drug-likeness (QED) is 0.0953. The monoisotopic (exact) mass is 836 g/mol. The number of benzene rings is 2. The van der Waals surface area contributed by atoms with Crippen LogP contribution in [-0.2, 0) is 41.8 Å². The van der Waals surface area contributed by atoms with Crippen LogP contribution >= 0.6 is 42.2 Å². The molecule has 0 spiro atoms. The highest BCUT2D eigenvalue weighted by molar-refractivity contribution is 7.92. The smallest absolute Gasteiger partial charge is 0.355 e. The molecule has 15 nitrogen and oxygen atoms in total. The van der Waals surface area contributed by atoms with Gasteiger partial charge in [0.05, 0.1) is 33.4 Å². The van der Waals surface area contributed by atoms with Crippen molar-refractivity contribution in [1.29, 1.82) is 0 Å². The van der Waals surface area contributed by atoms with Crippen molar-refractivity contribution < 1.29 is 46.1 Å². The van der Waals surface area contributed by atoms with Gasteiger partial charge in [0, 0.05) is 19.9 Å². The van der Waals surface area contributed by atoms with Crippen molar-refractivity contribution in [2.75, 3.05) is 48.4 Å². The maximum Gasteiger partial charge on any atom is 0.355 e. The summed E-state index contributed by atoms with van der Waals surface area (Å²) in [5.74, 6) is -1.54. The number of aryl methyl sites for hydroxylation is 3. The average molecular weight is 838 g/mol. The van der Waals surface area contributed by atoms with E-state index in [9.17, 15) is 36.1 Å². The topological polar surface area (TPSA) is 216 Å². The van der Waals surface area contributed by atoms with Crippen LogP contribution in [0, 0.1) is 6.92 Å². The molecule has 0 aliphatic carbocycles. The number of amides is 1. The summed E-state index contributed by atoms with van der Waals surface area (Å²) in [6.07, 6.45) is 2.65. The van der Waals surface area contributed by atoms with Gasteiger partial charge in [0.2, 0.25) is 15.9 Å². The van der Waals surface area contributed by atoms with Gasteiger partial charge in [-0.15, -0.1) is 16.7 Å². The highest BCUT2D eigenvalue weighted by atomic mass is 35.5. The van der Waals surface area contributed by atoms with Crippen LogP contribution in [-0.4, -0.2) is 89.5 Å². The van der Waals surface area contributed by atoms with Crippen LogP contribution in [0.1, 0.15) is 43.8 Å². The van der Waals surface area contributed by atoms with Crippen LogP contribution < -0.4 is 21.0 Å². The number of halogens is 5. The molecule has 22 heteroatoms. The number of carboxylic acids is 1. The molecule has 1 heterocycles. The van der Waals surface area contributed by atoms with E-state index in [2.05, 4.69) is 23.7 Å². The molecule has 2 unspecified atom stereocenters. The molecule has 1 amide bonds. The number of nitrogens with zero attached hydrogens (tertiary/aromatic N) is 4. The van der Waals surface area contributed by atoms with E-state index in [1.165, 1.54) is 19.7 Å². The summed E-state index contributed by atoms with van der Waals surface area (Å²) in [4.78, 5) is 44.5. The zero-order chi connectivity index (χ0) is 40.1. The first-order valence-corrected chi connectivity index (χ1v) is 20.7. The van der Waals surface area contributed by atoms with Crippen molar-refractivity contribution >= 4 is 75.4 Å². The third kappa shape index (κ3) is 14.4. The summed E-state index contributed by atoms with van der Waals surface area (Å²) in [6, 6.07) is 7.38. The third-order valence-corrected chi connectivity index (χ3v) is 9.34. The Kier molecular flexibility index (Phi) is 18.9. The van der Waals surface area contributed by atoms with Gasteiger partial charge in [-0.1, -0.05) is 55.2 Å². The van der Waals surface area contributed by atoms with Crippen LogP contribution in [0.15, 0.2) is 35.1 Å². The molecule has 5 N–H and O–H groups in total. The van der Waals surface area contributed by atoms with Gasteiger partial charge in [-0.25, -0.2) is 17.8 Å². The molecule has 2 atom stereocenters. The summed E-state index contributed by atoms with van der Waals surface area (Å²) >= 11 is 17.5. The molecule has 0 saturated heterocycles. The Morgan fingerprint density at radius 1 is 1.15 bits per heavy atom. The Bertz CT molecular complexity index is 1890. The predicted molar refractivity (Wildman–Crippen MR) is 198 cm³/mol. The number of sulfonamides is 1. The Hall–Kier alpha value is -3.09. The summed E-state index contributed by atoms with van der Waals surface area (Å²) in [5, 5.41) is 11.9. The number of hydrogen-bond donors (Lipinski definition) is 4. The van der Waals surface area contributed by atoms with Gasteiger partial charge >= 0.3 is 18.2 Å². The summed E-state index contributed by atoms with van der Waals surface area (Å²) in [6.45, 7) is 3.72. The molecule has 2 aromatic carbocycles. The number of nitrogens with two attached hydrogens (primary N) is 1. The number of aromatic nitrogens is 3. The van der Waals surface area contributed by atoms with E-state index in [-0.39, 0.29) is 62.9 Å². The first-order valence-electron chi connectivity index (χ1n) is 15.2. The number of nitrogens with one attached hydrogen (secondary N) is 1. The fourth-order valence-electron chi connectivity index (χ4n) is 4.36. The lowest BCUT2D eigenvalue weighted by molar-refractivity contribution is -0.138. The normalized spacial score (nSPS) is 12.9. The first kappa shape index (κ1) is 46.9. The van der Waals surface area contributed by atoms with Crippen molar-refractivity contribution in [2.45, 2.75) is 52.6 Å². The zero-order valence-corrected chi connectivity index (χ0v) is 33.1. The van der Waals surface area contributed by atoms with E-state index in [1.54, 1.807) is 12.0 Å². The van der Waals surface area contributed by atoms with Crippen molar-refractivity contribution in [3.05, 3.63) is 67.8 Å². The molecule has 3 aromatic rings. The number of carbonyl (C=O) groups excluding carboxylic acids is 1. The number of hydrogen-bond acceptors (Lipinski definition) is 9. The largest absolute Gasteiger partial charge is 0.480 e. The van der Waals surface area contributed by atoms with Gasteiger partial charge < -0.3 is 20.5 Å². The number of rotatable bonds is 14. The number of carbonyl (C=O) groups is 2. The molecular formula is C30H42Cl3F2N6O9PS. The molecule has 1 aromatic heterocycles. The highest BCUT2D eigenvalue weighted by Gasteiger charge is 2.22. The number of alkyl halides is 3. The molecule has 0 bridgehead atoms. The zero-order valence-electron chi connectivity index (χ0n) is 29.1. The van der Waals surface area contributed by atoms with Crippen LogP contribution in [0.5, 0.6) is 0 Å². The lowest BCUT2D eigenvalue weighted by Gasteiger charge is -2.26. The molecule has 0 saturated carbocycles. The number of carboxylic acid groups (broad SMARTS) is 1. The fourth-order valence-corrected chi connectivity index (χ4v) is 6.40. The van der Waals surface area contributed by atoms with Gasteiger partial charge in [0.1, 0.15) is 24.5 Å². The second-order valence-corrected chi connectivity index (χ2v) is 16.4. The molecule has 0 fully saturated rings. The van der Waals surface area contributed by atoms with Crippen LogP contribution in [0.25, 0.3) is 5.69 Å². The minimum absolute atomic E-state index is 0.0257. The van der Waals surface area contributed by atoms with Gasteiger partial charge in [0.15, 0.2) is 7.37 Å². The van der Waals surface area contributed by atoms with Crippen LogP contribution in [0.3, 0.4) is 0 Å². The summed E-state index contributed by atoms with van der Waals surface area (Å²) in [5.41, 5.74) is 7.06. The molecule has 0 aliphatic heterocycles. The van der Waals surface area contributed by atoms with Gasteiger partial charge in [-0.3, -0.25) is 23.8 Å². The number of methoxy groups -OCH3 is 1. The van der Waals surface area contributed by atoms with Crippen LogP contribution in [0.2, 0.25) is 10.0 Å².